The fourth-order valence-corrected chi connectivity index (χ4v) is 4.18. The largest absolute Gasteiger partial charge is 0.443 e. The van der Waals surface area contributed by atoms with E-state index in [0.717, 1.165) is 12.1 Å². The summed E-state index contributed by atoms with van der Waals surface area (Å²) >= 11 is 9.17. The number of amides is 1. The van der Waals surface area contributed by atoms with Crippen molar-refractivity contribution in [1.82, 2.24) is 4.72 Å². The Hall–Kier alpha value is -1.97. The first-order chi connectivity index (χ1) is 13.3. The highest BCUT2D eigenvalue weighted by molar-refractivity contribution is 9.10. The van der Waals surface area contributed by atoms with Gasteiger partial charge < -0.3 is 4.74 Å². The number of halogens is 3. The Morgan fingerprint density at radius 2 is 1.76 bits per heavy atom. The Balaban J connectivity index is 2.18. The third kappa shape index (κ3) is 6.80. The van der Waals surface area contributed by atoms with Gasteiger partial charge in [-0.2, -0.15) is 0 Å². The number of rotatable bonds is 5. The van der Waals surface area contributed by atoms with E-state index in [1.54, 1.807) is 20.8 Å². The number of ketones is 1. The zero-order valence-electron chi connectivity index (χ0n) is 15.8. The van der Waals surface area contributed by atoms with Gasteiger partial charge in [-0.3, -0.25) is 4.79 Å². The van der Waals surface area contributed by atoms with Gasteiger partial charge >= 0.3 is 6.09 Å². The number of ether oxygens (including phenoxy) is 1. The van der Waals surface area contributed by atoms with E-state index in [9.17, 15) is 22.4 Å². The lowest BCUT2D eigenvalue weighted by molar-refractivity contribution is 0.0570. The zero-order valence-corrected chi connectivity index (χ0v) is 18.9. The monoisotopic (exact) mass is 505 g/mol. The summed E-state index contributed by atoms with van der Waals surface area (Å²) in [4.78, 5) is 24.3. The van der Waals surface area contributed by atoms with Gasteiger partial charge in [0.2, 0.25) is 10.0 Å². The quantitative estimate of drug-likeness (QED) is 0.587. The smallest absolute Gasteiger partial charge is 0.421 e. The number of hydrogen-bond acceptors (Lipinski definition) is 5. The van der Waals surface area contributed by atoms with E-state index >= 15 is 0 Å². The van der Waals surface area contributed by atoms with Crippen LogP contribution >= 0.6 is 27.5 Å². The number of hydrogen-bond donors (Lipinski definition) is 1. The second-order valence-corrected chi connectivity index (χ2v) is 10.1. The van der Waals surface area contributed by atoms with Crippen LogP contribution in [0.5, 0.6) is 0 Å². The van der Waals surface area contributed by atoms with Gasteiger partial charge in [0.05, 0.1) is 10.8 Å². The Bertz CT molecular complexity index is 1070. The molecule has 0 spiro atoms. The summed E-state index contributed by atoms with van der Waals surface area (Å²) in [6.45, 7) is 4.83. The van der Waals surface area contributed by atoms with Crippen LogP contribution in [0.4, 0.5) is 9.18 Å². The third-order valence-corrected chi connectivity index (χ3v) is 5.61. The molecule has 0 radical (unpaired) electrons. The topological polar surface area (TPSA) is 89.5 Å². The third-order valence-electron chi connectivity index (χ3n) is 3.45. The van der Waals surface area contributed by atoms with Crippen molar-refractivity contribution in [3.8, 4) is 0 Å². The molecule has 0 unspecified atom stereocenters. The molecule has 29 heavy (non-hydrogen) atoms. The van der Waals surface area contributed by atoms with Crippen molar-refractivity contribution >= 4 is 49.4 Å². The van der Waals surface area contributed by atoms with E-state index in [1.165, 1.54) is 24.3 Å². The number of carbonyl (C=O) groups is 2. The molecule has 0 aromatic heterocycles. The van der Waals surface area contributed by atoms with Crippen molar-refractivity contribution in [2.75, 3.05) is 0 Å². The van der Waals surface area contributed by atoms with Gasteiger partial charge in [0.25, 0.3) is 0 Å². The second-order valence-electron chi connectivity index (χ2n) is 7.13. The fraction of sp³-hybridized carbons (Fsp3) is 0.263. The van der Waals surface area contributed by atoms with Crippen molar-refractivity contribution in [1.29, 1.82) is 0 Å². The minimum Gasteiger partial charge on any atom is -0.443 e. The standard InChI is InChI=1S/C19H18BrClFNO5S/c1-19(2,3)28-18(25)23-29(26,27)10-11-4-6-13(15(20)8-11)17(24)14-7-5-12(22)9-16(14)21/h4-9H,10H2,1-3H3,(H,23,25). The predicted octanol–water partition coefficient (Wildman–Crippen LogP) is 4.83. The highest BCUT2D eigenvalue weighted by Crippen LogP contribution is 2.26. The Labute approximate surface area is 181 Å². The highest BCUT2D eigenvalue weighted by Gasteiger charge is 2.23. The summed E-state index contributed by atoms with van der Waals surface area (Å²) in [6.07, 6.45) is -1.07. The zero-order chi connectivity index (χ0) is 22.0. The van der Waals surface area contributed by atoms with Gasteiger partial charge in [-0.15, -0.1) is 0 Å². The normalized spacial score (nSPS) is 11.8. The molecule has 0 aliphatic heterocycles. The average Bonchev–Trinajstić information content (AvgIpc) is 2.51. The van der Waals surface area contributed by atoms with Crippen molar-refractivity contribution in [2.45, 2.75) is 32.1 Å². The van der Waals surface area contributed by atoms with E-state index < -0.39 is 39.1 Å². The average molecular weight is 507 g/mol. The molecule has 1 amide bonds. The van der Waals surface area contributed by atoms with Gasteiger partial charge in [0.15, 0.2) is 5.78 Å². The highest BCUT2D eigenvalue weighted by atomic mass is 79.9. The lowest BCUT2D eigenvalue weighted by atomic mass is 10.0. The van der Waals surface area contributed by atoms with Crippen molar-refractivity contribution in [3.63, 3.8) is 0 Å². The molecule has 1 N–H and O–H groups in total. The molecule has 0 saturated carbocycles. The molecule has 156 valence electrons. The molecule has 0 saturated heterocycles. The van der Waals surface area contributed by atoms with E-state index in [0.29, 0.717) is 10.0 Å². The van der Waals surface area contributed by atoms with E-state index in [2.05, 4.69) is 15.9 Å². The van der Waals surface area contributed by atoms with Crippen LogP contribution in [-0.4, -0.2) is 25.9 Å². The molecular weight excluding hydrogens is 489 g/mol. The Kier molecular flexibility index (Phi) is 7.08. The van der Waals surface area contributed by atoms with Crippen LogP contribution in [0, 0.1) is 5.82 Å². The minimum atomic E-state index is -4.01. The van der Waals surface area contributed by atoms with Gasteiger partial charge in [-0.25, -0.2) is 22.3 Å². The van der Waals surface area contributed by atoms with Crippen molar-refractivity contribution < 1.29 is 27.1 Å². The molecule has 6 nitrogen and oxygen atoms in total. The molecule has 10 heteroatoms. The Morgan fingerprint density at radius 1 is 1.14 bits per heavy atom. The molecule has 0 heterocycles. The molecule has 2 aromatic carbocycles. The minimum absolute atomic E-state index is 0.0323. The first-order valence-corrected chi connectivity index (χ1v) is 11.1. The molecule has 2 rings (SSSR count). The van der Waals surface area contributed by atoms with Crippen molar-refractivity contribution in [3.05, 3.63) is 68.4 Å². The summed E-state index contributed by atoms with van der Waals surface area (Å²) in [6, 6.07) is 7.73. The maximum absolute atomic E-state index is 13.2. The number of carbonyl (C=O) groups excluding carboxylic acids is 2. The van der Waals surface area contributed by atoms with Crippen LogP contribution in [0.1, 0.15) is 42.3 Å². The predicted molar refractivity (Wildman–Crippen MR) is 111 cm³/mol. The maximum Gasteiger partial charge on any atom is 0.421 e. The van der Waals surface area contributed by atoms with Gasteiger partial charge in [-0.1, -0.05) is 33.6 Å². The van der Waals surface area contributed by atoms with Crippen LogP contribution in [0.25, 0.3) is 0 Å². The van der Waals surface area contributed by atoms with E-state index in [-0.39, 0.29) is 16.1 Å². The number of benzene rings is 2. The fourth-order valence-electron chi connectivity index (χ4n) is 2.33. The van der Waals surface area contributed by atoms with Crippen molar-refractivity contribution in [2.24, 2.45) is 0 Å². The Morgan fingerprint density at radius 3 is 2.31 bits per heavy atom. The second kappa shape index (κ2) is 8.81. The van der Waals surface area contributed by atoms with E-state index in [4.69, 9.17) is 16.3 Å². The van der Waals surface area contributed by atoms with E-state index in [1.807, 2.05) is 4.72 Å². The van der Waals surface area contributed by atoms with Gasteiger partial charge in [-0.05, 0) is 56.7 Å². The lowest BCUT2D eigenvalue weighted by Gasteiger charge is -2.19. The molecule has 0 atom stereocenters. The molecule has 2 aromatic rings. The van der Waals surface area contributed by atoms with Crippen LogP contribution in [0.2, 0.25) is 5.02 Å². The summed E-state index contributed by atoms with van der Waals surface area (Å²) in [5.74, 6) is -1.52. The van der Waals surface area contributed by atoms with Crippen LogP contribution in [-0.2, 0) is 20.5 Å². The molecule has 0 aliphatic carbocycles. The summed E-state index contributed by atoms with van der Waals surface area (Å²) in [7, 11) is -4.01. The maximum atomic E-state index is 13.2. The van der Waals surface area contributed by atoms with Crippen LogP contribution in [0.15, 0.2) is 40.9 Å². The first-order valence-electron chi connectivity index (χ1n) is 8.29. The molecule has 0 aliphatic rings. The summed E-state index contributed by atoms with van der Waals surface area (Å²) in [5.41, 5.74) is -0.179. The number of sulfonamides is 1. The number of nitrogens with one attached hydrogen (secondary N) is 1. The molecule has 0 bridgehead atoms. The lowest BCUT2D eigenvalue weighted by Crippen LogP contribution is -2.36. The van der Waals surface area contributed by atoms with Crippen LogP contribution in [0.3, 0.4) is 0 Å². The van der Waals surface area contributed by atoms with Gasteiger partial charge in [0, 0.05) is 15.6 Å². The molecular formula is C19H18BrClFNO5S. The first kappa shape index (κ1) is 23.3. The SMILES string of the molecule is CC(C)(C)OC(=O)NS(=O)(=O)Cc1ccc(C(=O)c2ccc(F)cc2Cl)c(Br)c1. The summed E-state index contributed by atoms with van der Waals surface area (Å²) < 4.78 is 44.6. The molecule has 0 fully saturated rings. The van der Waals surface area contributed by atoms with Crippen LogP contribution < -0.4 is 4.72 Å². The summed E-state index contributed by atoms with van der Waals surface area (Å²) in [5, 5.41) is -0.0323. The van der Waals surface area contributed by atoms with Gasteiger partial charge in [0.1, 0.15) is 11.4 Å².